The SMILES string of the molecule is Cc1cccc(CC(C)(C)C)c1-c1nc(NS(=O)(=O)c2cccc(C=O)c2)nc(OC[C@@H](CC(C)(C)C)N(C)Cc2ncc(N3CCC(C)(C)C3)cn2)c1C. The molecule has 1 aliphatic heterocycles. The van der Waals surface area contributed by atoms with Gasteiger partial charge in [-0.1, -0.05) is 85.7 Å². The van der Waals surface area contributed by atoms with Gasteiger partial charge in [0.05, 0.1) is 35.2 Å². The summed E-state index contributed by atoms with van der Waals surface area (Å²) in [6, 6.07) is 11.9. The van der Waals surface area contributed by atoms with Crippen LogP contribution in [0.1, 0.15) is 101 Å². The fraction of sp³-hybridized carbons (Fsp3) is 0.512. The summed E-state index contributed by atoms with van der Waals surface area (Å²) in [5.74, 6) is 0.897. The maximum Gasteiger partial charge on any atom is 0.264 e. The lowest BCUT2D eigenvalue weighted by molar-refractivity contribution is 0.111. The number of aryl methyl sites for hydroxylation is 1. The molecule has 0 saturated carbocycles. The molecule has 0 bridgehead atoms. The standard InChI is InChI=1S/C43H59N7O4S/c1-29-14-12-16-32(21-41(3,4)5)37(29)38-30(2)39(47-40(46-38)48-55(52,53)35-17-13-15-31(20-35)26-51)54-27-33(22-42(6,7)8)49(11)25-36-44-23-34(24-45-36)50-19-18-43(9,10)28-50/h12-17,20,23-24,26,33H,18-19,21-22,25,27-28H2,1-11H3,(H,46,47,48)/t33-/m1/s1. The number of aldehydes is 1. The van der Waals surface area contributed by atoms with Crippen molar-refractivity contribution in [3.05, 3.63) is 82.9 Å². The lowest BCUT2D eigenvalue weighted by atomic mass is 9.84. The molecule has 12 heteroatoms. The number of hydrogen-bond acceptors (Lipinski definition) is 10. The third kappa shape index (κ3) is 11.1. The van der Waals surface area contributed by atoms with Gasteiger partial charge in [0.15, 0.2) is 0 Å². The van der Waals surface area contributed by atoms with Crippen LogP contribution in [0.2, 0.25) is 0 Å². The van der Waals surface area contributed by atoms with Crippen molar-refractivity contribution in [1.29, 1.82) is 0 Å². The molecular weight excluding hydrogens is 711 g/mol. The molecule has 0 spiro atoms. The van der Waals surface area contributed by atoms with Crippen LogP contribution in [0.15, 0.2) is 59.8 Å². The van der Waals surface area contributed by atoms with E-state index in [0.717, 1.165) is 60.6 Å². The van der Waals surface area contributed by atoms with Gasteiger partial charge in [-0.25, -0.2) is 28.1 Å². The molecule has 1 N–H and O–H groups in total. The van der Waals surface area contributed by atoms with Crippen LogP contribution < -0.4 is 14.4 Å². The zero-order valence-electron chi connectivity index (χ0n) is 34.5. The number of rotatable bonds is 14. The number of hydrogen-bond donors (Lipinski definition) is 1. The minimum Gasteiger partial charge on any atom is -0.476 e. The highest BCUT2D eigenvalue weighted by atomic mass is 32.2. The lowest BCUT2D eigenvalue weighted by Crippen LogP contribution is -2.39. The molecule has 5 rings (SSSR count). The number of carbonyl (C=O) groups excluding carboxylic acids is 1. The first-order valence-electron chi connectivity index (χ1n) is 19.1. The Labute approximate surface area is 328 Å². The summed E-state index contributed by atoms with van der Waals surface area (Å²) < 4.78 is 36.6. The molecule has 55 heavy (non-hydrogen) atoms. The van der Waals surface area contributed by atoms with Gasteiger partial charge in [-0.05, 0) is 79.7 Å². The Morgan fingerprint density at radius 1 is 1.00 bits per heavy atom. The minimum atomic E-state index is -4.16. The summed E-state index contributed by atoms with van der Waals surface area (Å²) in [6.07, 6.45) is 7.20. The first-order chi connectivity index (χ1) is 25.6. The predicted octanol–water partition coefficient (Wildman–Crippen LogP) is 8.30. The van der Waals surface area contributed by atoms with Crippen LogP contribution >= 0.6 is 0 Å². The lowest BCUT2D eigenvalue weighted by Gasteiger charge is -2.33. The average Bonchev–Trinajstić information content (AvgIpc) is 3.46. The monoisotopic (exact) mass is 769 g/mol. The van der Waals surface area contributed by atoms with Crippen molar-refractivity contribution in [2.24, 2.45) is 16.2 Å². The molecule has 11 nitrogen and oxygen atoms in total. The van der Waals surface area contributed by atoms with Crippen LogP contribution in [0.25, 0.3) is 11.3 Å². The van der Waals surface area contributed by atoms with E-state index < -0.39 is 10.0 Å². The van der Waals surface area contributed by atoms with Gasteiger partial charge in [-0.15, -0.1) is 0 Å². The van der Waals surface area contributed by atoms with Gasteiger partial charge in [-0.2, -0.15) is 4.98 Å². The maximum atomic E-state index is 13.7. The Morgan fingerprint density at radius 3 is 2.31 bits per heavy atom. The average molecular weight is 770 g/mol. The number of nitrogens with one attached hydrogen (secondary N) is 1. The fourth-order valence-electron chi connectivity index (χ4n) is 7.15. The molecule has 2 aromatic carbocycles. The van der Waals surface area contributed by atoms with E-state index in [0.29, 0.717) is 24.1 Å². The summed E-state index contributed by atoms with van der Waals surface area (Å²) in [7, 11) is -2.10. The largest absolute Gasteiger partial charge is 0.476 e. The van der Waals surface area contributed by atoms with Gasteiger partial charge in [0.2, 0.25) is 11.8 Å². The summed E-state index contributed by atoms with van der Waals surface area (Å²) in [5.41, 5.74) is 5.85. The van der Waals surface area contributed by atoms with Crippen LogP contribution in [-0.2, 0) is 23.0 Å². The number of benzene rings is 2. The molecule has 4 aromatic rings. The molecule has 0 unspecified atom stereocenters. The topological polar surface area (TPSA) is 131 Å². The molecule has 1 atom stereocenters. The number of ether oxygens (including phenoxy) is 1. The summed E-state index contributed by atoms with van der Waals surface area (Å²) in [6.45, 7) is 24.5. The maximum absolute atomic E-state index is 13.7. The number of nitrogens with zero attached hydrogens (tertiary/aromatic N) is 6. The first kappa shape index (κ1) is 41.7. The molecule has 1 aliphatic rings. The van der Waals surface area contributed by atoms with Crippen molar-refractivity contribution in [3.63, 3.8) is 0 Å². The van der Waals surface area contributed by atoms with Crippen LogP contribution in [0.5, 0.6) is 5.88 Å². The number of anilines is 2. The van der Waals surface area contributed by atoms with Crippen molar-refractivity contribution >= 4 is 27.9 Å². The summed E-state index contributed by atoms with van der Waals surface area (Å²) in [4.78, 5) is 35.0. The van der Waals surface area contributed by atoms with Gasteiger partial charge >= 0.3 is 0 Å². The quantitative estimate of drug-likeness (QED) is 0.125. The van der Waals surface area contributed by atoms with Crippen molar-refractivity contribution in [2.45, 2.75) is 106 Å². The number of sulfonamides is 1. The van der Waals surface area contributed by atoms with E-state index in [1.165, 1.54) is 18.2 Å². The van der Waals surface area contributed by atoms with E-state index in [2.05, 4.69) is 88.0 Å². The van der Waals surface area contributed by atoms with E-state index in [-0.39, 0.29) is 51.2 Å². The van der Waals surface area contributed by atoms with E-state index >= 15 is 0 Å². The van der Waals surface area contributed by atoms with Crippen LogP contribution in [0.4, 0.5) is 11.6 Å². The summed E-state index contributed by atoms with van der Waals surface area (Å²) >= 11 is 0. The first-order valence-corrected chi connectivity index (χ1v) is 20.6. The van der Waals surface area contributed by atoms with Crippen molar-refractivity contribution in [2.75, 3.05) is 36.4 Å². The summed E-state index contributed by atoms with van der Waals surface area (Å²) in [5, 5.41) is 0. The number of aromatic nitrogens is 4. The van der Waals surface area contributed by atoms with Crippen LogP contribution in [-0.4, -0.2) is 72.3 Å². The van der Waals surface area contributed by atoms with E-state index in [1.54, 1.807) is 6.07 Å². The van der Waals surface area contributed by atoms with Gasteiger partial charge in [-0.3, -0.25) is 9.69 Å². The van der Waals surface area contributed by atoms with Gasteiger partial charge < -0.3 is 9.64 Å². The molecule has 0 amide bonds. The van der Waals surface area contributed by atoms with E-state index in [9.17, 15) is 13.2 Å². The third-order valence-electron chi connectivity index (χ3n) is 9.96. The molecule has 1 saturated heterocycles. The Balaban J connectivity index is 1.48. The Hall–Kier alpha value is -4.42. The van der Waals surface area contributed by atoms with Gasteiger partial charge in [0.25, 0.3) is 10.0 Å². The molecule has 296 valence electrons. The zero-order chi connectivity index (χ0) is 40.3. The number of carbonyl (C=O) groups is 1. The predicted molar refractivity (Wildman–Crippen MR) is 220 cm³/mol. The van der Waals surface area contributed by atoms with Crippen molar-refractivity contribution < 1.29 is 17.9 Å². The number of likely N-dealkylation sites (N-methyl/N-ethyl adjacent to an activating group) is 1. The second-order valence-electron chi connectivity index (χ2n) is 18.3. The second-order valence-corrected chi connectivity index (χ2v) is 20.0. The molecule has 1 fully saturated rings. The van der Waals surface area contributed by atoms with Crippen LogP contribution in [0, 0.1) is 30.1 Å². The molecule has 2 aromatic heterocycles. The molecule has 3 heterocycles. The highest BCUT2D eigenvalue weighted by Crippen LogP contribution is 2.37. The fourth-order valence-corrected chi connectivity index (χ4v) is 8.15. The molecule has 0 aliphatic carbocycles. The van der Waals surface area contributed by atoms with E-state index in [1.807, 2.05) is 38.4 Å². The minimum absolute atomic E-state index is 0.0171. The second kappa shape index (κ2) is 16.4. The highest BCUT2D eigenvalue weighted by Gasteiger charge is 2.30. The third-order valence-corrected chi connectivity index (χ3v) is 11.3. The highest BCUT2D eigenvalue weighted by molar-refractivity contribution is 7.92. The van der Waals surface area contributed by atoms with Crippen molar-refractivity contribution in [3.8, 4) is 17.1 Å². The Morgan fingerprint density at radius 2 is 1.69 bits per heavy atom. The smallest absolute Gasteiger partial charge is 0.264 e. The normalized spacial score (nSPS) is 15.3. The Kier molecular flexibility index (Phi) is 12.4. The van der Waals surface area contributed by atoms with Gasteiger partial charge in [0, 0.05) is 35.8 Å². The van der Waals surface area contributed by atoms with Crippen molar-refractivity contribution in [1.82, 2.24) is 24.8 Å². The molecule has 0 radical (unpaired) electrons. The van der Waals surface area contributed by atoms with Gasteiger partial charge in [0.1, 0.15) is 18.7 Å². The zero-order valence-corrected chi connectivity index (χ0v) is 35.3. The van der Waals surface area contributed by atoms with Crippen LogP contribution in [0.3, 0.4) is 0 Å². The van der Waals surface area contributed by atoms with E-state index in [4.69, 9.17) is 19.7 Å². The Bertz CT molecular complexity index is 2090. The molecular formula is C43H59N7O4S.